The van der Waals surface area contributed by atoms with E-state index >= 15 is 0 Å². The van der Waals surface area contributed by atoms with Crippen molar-refractivity contribution in [3.05, 3.63) is 24.0 Å². The maximum Gasteiger partial charge on any atom is 0.256 e. The number of nitrogens with zero attached hydrogens (tertiary/aromatic N) is 2. The maximum absolute atomic E-state index is 12.3. The maximum atomic E-state index is 12.3. The molecule has 4 heteroatoms. The fourth-order valence-electron chi connectivity index (χ4n) is 2.64. The zero-order valence-electron chi connectivity index (χ0n) is 12.6. The van der Waals surface area contributed by atoms with Gasteiger partial charge >= 0.3 is 0 Å². The summed E-state index contributed by atoms with van der Waals surface area (Å²) in [7, 11) is 0. The number of hydrogen-bond donors (Lipinski definition) is 0. The summed E-state index contributed by atoms with van der Waals surface area (Å²) in [6.45, 7) is 7.70. The third-order valence-electron chi connectivity index (χ3n) is 3.65. The van der Waals surface area contributed by atoms with Gasteiger partial charge < -0.3 is 9.64 Å². The fraction of sp³-hybridized carbons (Fsp3) is 0.625. The number of aryl methyl sites for hydroxylation is 1. The number of anilines is 1. The molecule has 0 radical (unpaired) electrons. The minimum absolute atomic E-state index is 0.101. The van der Waals surface area contributed by atoms with Crippen LogP contribution in [-0.4, -0.2) is 30.1 Å². The number of aromatic nitrogens is 1. The standard InChI is InChI=1S/C13H16N2O2.C3H8/c1-9-2-3-11(8-14-9)15-6-4-10-5-7-17-12(10)13(15)16;1-3-2/h2-3,8,10,12H,4-7H2,1H3;3H2,1-2H3/t10-,12+;/m0./s1. The third kappa shape index (κ3) is 3.18. The van der Waals surface area contributed by atoms with E-state index in [2.05, 4.69) is 18.8 Å². The molecule has 3 heterocycles. The van der Waals surface area contributed by atoms with Crippen LogP contribution in [0.25, 0.3) is 0 Å². The lowest BCUT2D eigenvalue weighted by Gasteiger charge is -2.33. The molecule has 0 aromatic carbocycles. The molecular formula is C16H24N2O2. The van der Waals surface area contributed by atoms with Crippen LogP contribution in [0.1, 0.15) is 38.8 Å². The molecule has 4 nitrogen and oxygen atoms in total. The highest BCUT2D eigenvalue weighted by molar-refractivity contribution is 5.97. The van der Waals surface area contributed by atoms with Crippen molar-refractivity contribution < 1.29 is 9.53 Å². The molecule has 1 amide bonds. The number of piperidine rings is 1. The molecule has 2 atom stereocenters. The summed E-state index contributed by atoms with van der Waals surface area (Å²) in [5.74, 6) is 0.529. The van der Waals surface area contributed by atoms with Gasteiger partial charge in [0, 0.05) is 18.8 Å². The highest BCUT2D eigenvalue weighted by Crippen LogP contribution is 2.32. The minimum atomic E-state index is -0.218. The van der Waals surface area contributed by atoms with E-state index < -0.39 is 0 Å². The summed E-state index contributed by atoms with van der Waals surface area (Å²) in [6.07, 6.45) is 4.86. The number of rotatable bonds is 1. The van der Waals surface area contributed by atoms with E-state index in [0.29, 0.717) is 5.92 Å². The summed E-state index contributed by atoms with van der Waals surface area (Å²) < 4.78 is 5.53. The van der Waals surface area contributed by atoms with Crippen LogP contribution < -0.4 is 4.90 Å². The van der Waals surface area contributed by atoms with E-state index in [-0.39, 0.29) is 12.0 Å². The van der Waals surface area contributed by atoms with Crippen molar-refractivity contribution in [3.8, 4) is 0 Å². The lowest BCUT2D eigenvalue weighted by atomic mass is 9.92. The van der Waals surface area contributed by atoms with Gasteiger partial charge in [-0.25, -0.2) is 0 Å². The Hall–Kier alpha value is -1.42. The second-order valence-electron chi connectivity index (χ2n) is 5.48. The third-order valence-corrected chi connectivity index (χ3v) is 3.65. The van der Waals surface area contributed by atoms with Gasteiger partial charge in [0.25, 0.3) is 5.91 Å². The number of pyridine rings is 1. The number of amides is 1. The Balaban J connectivity index is 0.000000452. The lowest BCUT2D eigenvalue weighted by molar-refractivity contribution is -0.130. The van der Waals surface area contributed by atoms with Crippen molar-refractivity contribution in [2.75, 3.05) is 18.1 Å². The van der Waals surface area contributed by atoms with Crippen LogP contribution in [0, 0.1) is 12.8 Å². The van der Waals surface area contributed by atoms with Gasteiger partial charge in [-0.15, -0.1) is 0 Å². The van der Waals surface area contributed by atoms with Crippen LogP contribution in [0.15, 0.2) is 18.3 Å². The largest absolute Gasteiger partial charge is 0.368 e. The van der Waals surface area contributed by atoms with Crippen LogP contribution in [0.2, 0.25) is 0 Å². The Morgan fingerprint density at radius 3 is 2.75 bits per heavy atom. The van der Waals surface area contributed by atoms with Gasteiger partial charge in [0.05, 0.1) is 11.9 Å². The number of carbonyl (C=O) groups excluding carboxylic acids is 1. The monoisotopic (exact) mass is 276 g/mol. The second-order valence-corrected chi connectivity index (χ2v) is 5.48. The van der Waals surface area contributed by atoms with Crippen molar-refractivity contribution in [3.63, 3.8) is 0 Å². The van der Waals surface area contributed by atoms with Crippen LogP contribution in [0.3, 0.4) is 0 Å². The highest BCUT2D eigenvalue weighted by Gasteiger charge is 2.41. The van der Waals surface area contributed by atoms with Gasteiger partial charge in [-0.1, -0.05) is 20.3 Å². The Morgan fingerprint density at radius 2 is 2.10 bits per heavy atom. The van der Waals surface area contributed by atoms with Gasteiger partial charge in [-0.05, 0) is 37.8 Å². The van der Waals surface area contributed by atoms with Crippen molar-refractivity contribution >= 4 is 11.6 Å². The summed E-state index contributed by atoms with van der Waals surface area (Å²) >= 11 is 0. The first-order valence-corrected chi connectivity index (χ1v) is 7.53. The predicted octanol–water partition coefficient (Wildman–Crippen LogP) is 2.95. The molecule has 0 unspecified atom stereocenters. The Kier molecular flexibility index (Phi) is 5.12. The molecule has 2 saturated heterocycles. The summed E-state index contributed by atoms with van der Waals surface area (Å²) in [4.78, 5) is 18.3. The van der Waals surface area contributed by atoms with Crippen molar-refractivity contribution in [2.24, 2.45) is 5.92 Å². The van der Waals surface area contributed by atoms with E-state index in [9.17, 15) is 4.79 Å². The molecule has 0 bridgehead atoms. The molecule has 0 saturated carbocycles. The fourth-order valence-corrected chi connectivity index (χ4v) is 2.64. The van der Waals surface area contributed by atoms with E-state index in [1.54, 1.807) is 11.1 Å². The number of carbonyl (C=O) groups is 1. The SMILES string of the molecule is CCC.Cc1ccc(N2CC[C@H]3CCO[C@H]3C2=O)cn1. The first-order chi connectivity index (χ1) is 9.67. The number of hydrogen-bond acceptors (Lipinski definition) is 3. The van der Waals surface area contributed by atoms with Gasteiger partial charge in [0.2, 0.25) is 0 Å². The minimum Gasteiger partial charge on any atom is -0.368 e. The molecule has 3 rings (SSSR count). The molecule has 0 aliphatic carbocycles. The Morgan fingerprint density at radius 1 is 1.35 bits per heavy atom. The Bertz CT molecular complexity index is 444. The van der Waals surface area contributed by atoms with Crippen LogP contribution >= 0.6 is 0 Å². The van der Waals surface area contributed by atoms with Gasteiger partial charge in [-0.2, -0.15) is 0 Å². The van der Waals surface area contributed by atoms with Gasteiger partial charge in [0.15, 0.2) is 0 Å². The lowest BCUT2D eigenvalue weighted by Crippen LogP contribution is -2.47. The molecule has 20 heavy (non-hydrogen) atoms. The Labute approximate surface area is 121 Å². The molecule has 110 valence electrons. The molecular weight excluding hydrogens is 252 g/mol. The summed E-state index contributed by atoms with van der Waals surface area (Å²) in [5.41, 5.74) is 1.85. The molecule has 2 aliphatic rings. The highest BCUT2D eigenvalue weighted by atomic mass is 16.5. The first-order valence-electron chi connectivity index (χ1n) is 7.53. The number of ether oxygens (including phenoxy) is 1. The van der Waals surface area contributed by atoms with Gasteiger partial charge in [0.1, 0.15) is 6.10 Å². The molecule has 0 spiro atoms. The summed E-state index contributed by atoms with van der Waals surface area (Å²) in [6, 6.07) is 3.89. The smallest absolute Gasteiger partial charge is 0.256 e. The zero-order valence-corrected chi connectivity index (χ0v) is 12.6. The van der Waals surface area contributed by atoms with Gasteiger partial charge in [-0.3, -0.25) is 9.78 Å². The average molecular weight is 276 g/mol. The molecule has 1 aromatic heterocycles. The quantitative estimate of drug-likeness (QED) is 0.792. The van der Waals surface area contributed by atoms with E-state index in [4.69, 9.17) is 4.74 Å². The van der Waals surface area contributed by atoms with Crippen molar-refractivity contribution in [2.45, 2.75) is 46.1 Å². The second kappa shape index (κ2) is 6.84. The van der Waals surface area contributed by atoms with Crippen molar-refractivity contribution in [1.29, 1.82) is 0 Å². The van der Waals surface area contributed by atoms with Crippen molar-refractivity contribution in [1.82, 2.24) is 4.98 Å². The van der Waals surface area contributed by atoms with Crippen LogP contribution in [0.5, 0.6) is 0 Å². The normalized spacial score (nSPS) is 24.9. The van der Waals surface area contributed by atoms with E-state index in [0.717, 1.165) is 37.4 Å². The van der Waals surface area contributed by atoms with Crippen LogP contribution in [-0.2, 0) is 9.53 Å². The topological polar surface area (TPSA) is 42.4 Å². The average Bonchev–Trinajstić information content (AvgIpc) is 2.91. The number of fused-ring (bicyclic) bond motifs is 1. The molecule has 2 aliphatic heterocycles. The van der Waals surface area contributed by atoms with E-state index in [1.165, 1.54) is 6.42 Å². The molecule has 0 N–H and O–H groups in total. The first kappa shape index (κ1) is 15.0. The summed E-state index contributed by atoms with van der Waals surface area (Å²) in [5, 5.41) is 0. The van der Waals surface area contributed by atoms with Crippen LogP contribution in [0.4, 0.5) is 5.69 Å². The molecule has 1 aromatic rings. The zero-order chi connectivity index (χ0) is 14.5. The predicted molar refractivity (Wildman–Crippen MR) is 79.8 cm³/mol. The van der Waals surface area contributed by atoms with E-state index in [1.807, 2.05) is 19.1 Å². The molecule has 2 fully saturated rings.